The Hall–Kier alpha value is -2.53. The van der Waals surface area contributed by atoms with E-state index < -0.39 is 0 Å². The third-order valence-corrected chi connectivity index (χ3v) is 4.52. The highest BCUT2D eigenvalue weighted by Crippen LogP contribution is 2.29. The molecule has 0 unspecified atom stereocenters. The molecule has 0 spiro atoms. The lowest BCUT2D eigenvalue weighted by molar-refractivity contribution is 0.0998. The second kappa shape index (κ2) is 6.93. The van der Waals surface area contributed by atoms with E-state index in [0.717, 1.165) is 31.6 Å². The molecule has 2 aromatic heterocycles. The molecule has 0 radical (unpaired) electrons. The predicted octanol–water partition coefficient (Wildman–Crippen LogP) is 2.76. The summed E-state index contributed by atoms with van der Waals surface area (Å²) < 4.78 is 0. The average molecular weight is 323 g/mol. The number of carbonyl (C=O) groups excluding carboxylic acids is 2. The van der Waals surface area contributed by atoms with Crippen LogP contribution in [0.25, 0.3) is 5.57 Å². The number of aromatic nitrogens is 2. The number of Topliss-reactive ketones (excluding diaryl/α,β-unsaturated/α-hetero) is 1. The zero-order chi connectivity index (χ0) is 17.1. The minimum Gasteiger partial charge on any atom is -0.358 e. The number of carbonyl (C=O) groups is 2. The maximum Gasteiger partial charge on any atom is 0.203 e. The molecule has 0 bridgehead atoms. The van der Waals surface area contributed by atoms with Crippen molar-refractivity contribution in [2.24, 2.45) is 0 Å². The number of nitrogens with zero attached hydrogens (tertiary/aromatic N) is 2. The first-order valence-electron chi connectivity index (χ1n) is 8.29. The fourth-order valence-electron chi connectivity index (χ4n) is 3.07. The molecule has 0 aromatic carbocycles. The lowest BCUT2D eigenvalue weighted by Gasteiger charge is -2.18. The Bertz CT molecular complexity index is 786. The monoisotopic (exact) mass is 323 g/mol. The van der Waals surface area contributed by atoms with Gasteiger partial charge in [-0.25, -0.2) is 0 Å². The van der Waals surface area contributed by atoms with Gasteiger partial charge in [0.1, 0.15) is 0 Å². The summed E-state index contributed by atoms with van der Waals surface area (Å²) in [5.74, 6) is -0.258. The van der Waals surface area contributed by atoms with E-state index in [-0.39, 0.29) is 11.6 Å². The van der Waals surface area contributed by atoms with Crippen LogP contribution in [-0.4, -0.2) is 46.1 Å². The van der Waals surface area contributed by atoms with Gasteiger partial charge in [0.15, 0.2) is 5.78 Å². The number of ketones is 2. The molecule has 124 valence electrons. The summed E-state index contributed by atoms with van der Waals surface area (Å²) in [4.78, 5) is 34.7. The lowest BCUT2D eigenvalue weighted by atomic mass is 9.88. The van der Waals surface area contributed by atoms with E-state index in [9.17, 15) is 9.59 Å². The van der Waals surface area contributed by atoms with Crippen LogP contribution in [0.2, 0.25) is 0 Å². The highest BCUT2D eigenvalue weighted by atomic mass is 16.1. The van der Waals surface area contributed by atoms with E-state index >= 15 is 0 Å². The summed E-state index contributed by atoms with van der Waals surface area (Å²) in [5, 5.41) is 0. The summed E-state index contributed by atoms with van der Waals surface area (Å²) >= 11 is 0. The number of pyridine rings is 1. The first-order valence-corrected chi connectivity index (χ1v) is 8.29. The van der Waals surface area contributed by atoms with Gasteiger partial charge in [-0.15, -0.1) is 0 Å². The fourth-order valence-corrected chi connectivity index (χ4v) is 3.07. The molecule has 1 N–H and O–H groups in total. The first-order chi connectivity index (χ1) is 11.7. The van der Waals surface area contributed by atoms with Gasteiger partial charge in [-0.2, -0.15) is 0 Å². The largest absolute Gasteiger partial charge is 0.358 e. The molecule has 5 nitrogen and oxygen atoms in total. The molecule has 3 rings (SSSR count). The van der Waals surface area contributed by atoms with E-state index in [0.29, 0.717) is 22.4 Å². The Kier molecular flexibility index (Phi) is 4.71. The molecule has 5 heteroatoms. The zero-order valence-corrected chi connectivity index (χ0v) is 14.0. The minimum absolute atomic E-state index is 0.103. The van der Waals surface area contributed by atoms with Gasteiger partial charge in [0.2, 0.25) is 5.78 Å². The number of nitrogens with one attached hydrogen (secondary N) is 1. The second-order valence-corrected chi connectivity index (χ2v) is 5.83. The van der Waals surface area contributed by atoms with Crippen LogP contribution in [0.15, 0.2) is 36.8 Å². The fraction of sp³-hybridized carbons (Fsp3) is 0.316. The number of aromatic amines is 1. The van der Waals surface area contributed by atoms with Crippen molar-refractivity contribution in [2.75, 3.05) is 19.6 Å². The van der Waals surface area contributed by atoms with Crippen molar-refractivity contribution in [3.8, 4) is 0 Å². The number of H-pyrrole nitrogens is 1. The average Bonchev–Trinajstić information content (AvgIpc) is 3.05. The molecular weight excluding hydrogens is 302 g/mol. The SMILES string of the molecule is CCN(CC)CCc1c[nH]c2c1C(=O)C(c1cccnc1)=CC2=O. The van der Waals surface area contributed by atoms with Gasteiger partial charge in [-0.1, -0.05) is 19.9 Å². The van der Waals surface area contributed by atoms with E-state index in [1.807, 2.05) is 0 Å². The minimum atomic E-state index is -0.155. The number of likely N-dealkylation sites (N-methyl/N-ethyl adjacent to an activating group) is 1. The molecule has 2 aromatic rings. The summed E-state index contributed by atoms with van der Waals surface area (Å²) in [6.45, 7) is 7.04. The van der Waals surface area contributed by atoms with Crippen molar-refractivity contribution >= 4 is 17.1 Å². The third kappa shape index (κ3) is 2.95. The maximum absolute atomic E-state index is 12.9. The number of fused-ring (bicyclic) bond motifs is 1. The summed E-state index contributed by atoms with van der Waals surface area (Å²) in [6, 6.07) is 3.57. The van der Waals surface area contributed by atoms with Gasteiger partial charge in [0, 0.05) is 36.3 Å². The maximum atomic E-state index is 12.9. The first kappa shape index (κ1) is 16.3. The molecule has 1 aliphatic carbocycles. The number of allylic oxidation sites excluding steroid dienone is 2. The van der Waals surface area contributed by atoms with Crippen molar-refractivity contribution < 1.29 is 9.59 Å². The van der Waals surface area contributed by atoms with E-state index in [1.54, 1.807) is 30.7 Å². The summed E-state index contributed by atoms with van der Waals surface area (Å²) in [7, 11) is 0. The Balaban J connectivity index is 1.91. The Morgan fingerprint density at radius 2 is 2.00 bits per heavy atom. The molecule has 1 aliphatic rings. The quantitative estimate of drug-likeness (QED) is 0.888. The Morgan fingerprint density at radius 3 is 2.67 bits per heavy atom. The topological polar surface area (TPSA) is 66.1 Å². The smallest absolute Gasteiger partial charge is 0.203 e. The molecular formula is C19H21N3O2. The zero-order valence-electron chi connectivity index (χ0n) is 14.0. The van der Waals surface area contributed by atoms with Crippen molar-refractivity contribution in [1.29, 1.82) is 0 Å². The van der Waals surface area contributed by atoms with Crippen molar-refractivity contribution in [3.63, 3.8) is 0 Å². The van der Waals surface area contributed by atoms with Crippen molar-refractivity contribution in [2.45, 2.75) is 20.3 Å². The van der Waals surface area contributed by atoms with Gasteiger partial charge in [-0.05, 0) is 37.2 Å². The van der Waals surface area contributed by atoms with Crippen LogP contribution in [0, 0.1) is 0 Å². The molecule has 0 atom stereocenters. The van der Waals surface area contributed by atoms with Gasteiger partial charge in [0.05, 0.1) is 11.3 Å². The highest BCUT2D eigenvalue weighted by Gasteiger charge is 2.30. The van der Waals surface area contributed by atoms with Crippen molar-refractivity contribution in [1.82, 2.24) is 14.9 Å². The van der Waals surface area contributed by atoms with E-state index in [1.165, 1.54) is 6.08 Å². The molecule has 24 heavy (non-hydrogen) atoms. The Labute approximate surface area is 141 Å². The summed E-state index contributed by atoms with van der Waals surface area (Å²) in [5.41, 5.74) is 2.93. The van der Waals surface area contributed by atoms with Crippen LogP contribution in [0.3, 0.4) is 0 Å². The van der Waals surface area contributed by atoms with E-state index in [4.69, 9.17) is 0 Å². The number of rotatable bonds is 6. The van der Waals surface area contributed by atoms with Crippen LogP contribution in [0.4, 0.5) is 0 Å². The van der Waals surface area contributed by atoms with E-state index in [2.05, 4.69) is 28.7 Å². The highest BCUT2D eigenvalue weighted by molar-refractivity contribution is 6.38. The number of hydrogen-bond acceptors (Lipinski definition) is 4. The third-order valence-electron chi connectivity index (χ3n) is 4.52. The normalized spacial score (nSPS) is 14.0. The number of hydrogen-bond donors (Lipinski definition) is 1. The van der Waals surface area contributed by atoms with Crippen LogP contribution in [-0.2, 0) is 6.42 Å². The van der Waals surface area contributed by atoms with Crippen LogP contribution in [0.1, 0.15) is 45.8 Å². The summed E-state index contributed by atoms with van der Waals surface area (Å²) in [6.07, 6.45) is 7.21. The molecule has 0 saturated heterocycles. The lowest BCUT2D eigenvalue weighted by Crippen LogP contribution is -2.26. The molecule has 2 heterocycles. The Morgan fingerprint density at radius 1 is 1.21 bits per heavy atom. The standard InChI is InChI=1S/C19H21N3O2/c1-3-22(4-2)9-7-14-12-21-18-16(23)10-15(19(24)17(14)18)13-6-5-8-20-11-13/h5-6,8,10-12,21H,3-4,7,9H2,1-2H3. The van der Waals surface area contributed by atoms with Gasteiger partial charge in [-0.3, -0.25) is 14.6 Å². The molecule has 0 amide bonds. The van der Waals surface area contributed by atoms with Gasteiger partial charge in [0.25, 0.3) is 0 Å². The predicted molar refractivity (Wildman–Crippen MR) is 93.2 cm³/mol. The molecule has 0 saturated carbocycles. The van der Waals surface area contributed by atoms with Crippen molar-refractivity contribution in [3.05, 3.63) is 59.2 Å². The van der Waals surface area contributed by atoms with Crippen LogP contribution >= 0.6 is 0 Å². The van der Waals surface area contributed by atoms with Gasteiger partial charge >= 0.3 is 0 Å². The molecule has 0 aliphatic heterocycles. The second-order valence-electron chi connectivity index (χ2n) is 5.83. The van der Waals surface area contributed by atoms with Crippen LogP contribution in [0.5, 0.6) is 0 Å². The molecule has 0 fully saturated rings. The van der Waals surface area contributed by atoms with Crippen LogP contribution < -0.4 is 0 Å². The van der Waals surface area contributed by atoms with Gasteiger partial charge < -0.3 is 9.88 Å².